The molecule has 0 bridgehead atoms. The van der Waals surface area contributed by atoms with Gasteiger partial charge in [0.2, 0.25) is 0 Å². The fraction of sp³-hybridized carbons (Fsp3) is 0.619. The zero-order valence-corrected chi connectivity index (χ0v) is 15.5. The Labute approximate surface area is 155 Å². The molecule has 0 amide bonds. The predicted molar refractivity (Wildman–Crippen MR) is 102 cm³/mol. The van der Waals surface area contributed by atoms with Crippen LogP contribution in [0.4, 0.5) is 0 Å². The van der Waals surface area contributed by atoms with E-state index in [4.69, 9.17) is 4.98 Å². The van der Waals surface area contributed by atoms with Crippen LogP contribution in [0.3, 0.4) is 0 Å². The van der Waals surface area contributed by atoms with Crippen molar-refractivity contribution in [3.8, 4) is 0 Å². The van der Waals surface area contributed by atoms with Crippen molar-refractivity contribution in [2.45, 2.75) is 57.0 Å². The average Bonchev–Trinajstić information content (AvgIpc) is 3.18. The summed E-state index contributed by atoms with van der Waals surface area (Å²) in [7, 11) is 0. The summed E-state index contributed by atoms with van der Waals surface area (Å²) in [6, 6.07) is 10.00. The number of nitrogens with zero attached hydrogens (tertiary/aromatic N) is 2. The number of rotatable bonds is 5. The van der Waals surface area contributed by atoms with Gasteiger partial charge in [0, 0.05) is 6.42 Å². The van der Waals surface area contributed by atoms with Crippen molar-refractivity contribution >= 4 is 0 Å². The van der Waals surface area contributed by atoms with Gasteiger partial charge in [-0.05, 0) is 56.2 Å². The largest absolute Gasteiger partial charge is 0.377 e. The van der Waals surface area contributed by atoms with Crippen molar-refractivity contribution in [2.24, 2.45) is 11.8 Å². The van der Waals surface area contributed by atoms with E-state index in [9.17, 15) is 5.11 Å². The van der Waals surface area contributed by atoms with Gasteiger partial charge in [-0.3, -0.25) is 5.10 Å². The highest BCUT2D eigenvalue weighted by Gasteiger charge is 2.43. The molecule has 140 valence electrons. The molecule has 5 heteroatoms. The Morgan fingerprint density at radius 3 is 2.46 bits per heavy atom. The van der Waals surface area contributed by atoms with Gasteiger partial charge in [0.25, 0.3) is 0 Å². The van der Waals surface area contributed by atoms with Crippen molar-refractivity contribution in [3.05, 3.63) is 47.5 Å². The number of aromatic nitrogens is 3. The molecule has 1 aliphatic carbocycles. The van der Waals surface area contributed by atoms with Gasteiger partial charge in [-0.15, -0.1) is 0 Å². The number of aromatic amines is 1. The summed E-state index contributed by atoms with van der Waals surface area (Å²) in [6.07, 6.45) is 8.95. The molecule has 4 rings (SSSR count). The lowest BCUT2D eigenvalue weighted by Crippen LogP contribution is -2.38. The van der Waals surface area contributed by atoms with E-state index in [-0.39, 0.29) is 5.92 Å². The molecule has 1 aromatic carbocycles. The Kier molecular flexibility index (Phi) is 5.36. The summed E-state index contributed by atoms with van der Waals surface area (Å²) in [5.41, 5.74) is -0.177. The zero-order valence-electron chi connectivity index (χ0n) is 15.5. The maximum Gasteiger partial charge on any atom is 0.187 e. The lowest BCUT2D eigenvalue weighted by Gasteiger charge is -2.36. The molecule has 1 saturated carbocycles. The molecule has 1 aliphatic heterocycles. The molecule has 1 saturated heterocycles. The van der Waals surface area contributed by atoms with Gasteiger partial charge in [-0.1, -0.05) is 49.6 Å². The van der Waals surface area contributed by atoms with E-state index in [1.165, 1.54) is 32.1 Å². The fourth-order valence-electron chi connectivity index (χ4n) is 4.68. The molecule has 2 aliphatic rings. The van der Waals surface area contributed by atoms with Gasteiger partial charge in [0.1, 0.15) is 5.82 Å². The minimum atomic E-state index is -1.09. The van der Waals surface area contributed by atoms with Gasteiger partial charge in [0.05, 0.1) is 0 Å². The Morgan fingerprint density at radius 2 is 1.73 bits per heavy atom. The SMILES string of the molecule is OC(c1ccccc1)(c1n[nH]c(CC2CCNCC2)n1)C1CCCCC1. The molecule has 2 heterocycles. The van der Waals surface area contributed by atoms with Gasteiger partial charge >= 0.3 is 0 Å². The number of piperidine rings is 1. The molecule has 3 N–H and O–H groups in total. The molecule has 1 aromatic heterocycles. The molecule has 5 nitrogen and oxygen atoms in total. The van der Waals surface area contributed by atoms with Crippen molar-refractivity contribution in [3.63, 3.8) is 0 Å². The molecule has 0 radical (unpaired) electrons. The van der Waals surface area contributed by atoms with Crippen LogP contribution in [0.5, 0.6) is 0 Å². The van der Waals surface area contributed by atoms with Crippen LogP contribution in [0.2, 0.25) is 0 Å². The zero-order chi connectivity index (χ0) is 17.8. The fourth-order valence-corrected chi connectivity index (χ4v) is 4.68. The van der Waals surface area contributed by atoms with Crippen LogP contribution in [0.25, 0.3) is 0 Å². The summed E-state index contributed by atoms with van der Waals surface area (Å²) >= 11 is 0. The number of hydrogen-bond donors (Lipinski definition) is 3. The third-order valence-corrected chi connectivity index (χ3v) is 6.22. The number of hydrogen-bond acceptors (Lipinski definition) is 4. The van der Waals surface area contributed by atoms with E-state index in [0.29, 0.717) is 11.7 Å². The molecular formula is C21H30N4O. The molecule has 0 spiro atoms. The molecule has 1 unspecified atom stereocenters. The highest BCUT2D eigenvalue weighted by molar-refractivity contribution is 5.30. The van der Waals surface area contributed by atoms with Crippen molar-refractivity contribution in [2.75, 3.05) is 13.1 Å². The standard InChI is InChI=1S/C21H30N4O/c26-21(17-7-3-1-4-8-17,18-9-5-2-6-10-18)20-23-19(24-25-20)15-16-11-13-22-14-12-16/h1,3-4,7-8,16,18,22,26H,2,5-6,9-15H2,(H,23,24,25). The summed E-state index contributed by atoms with van der Waals surface area (Å²) < 4.78 is 0. The number of aliphatic hydroxyl groups is 1. The van der Waals surface area contributed by atoms with Crippen LogP contribution in [0, 0.1) is 11.8 Å². The maximum atomic E-state index is 11.8. The monoisotopic (exact) mass is 354 g/mol. The summed E-state index contributed by atoms with van der Waals surface area (Å²) in [5.74, 6) is 2.30. The second kappa shape index (κ2) is 7.89. The normalized spacial score (nSPS) is 22.2. The third-order valence-electron chi connectivity index (χ3n) is 6.22. The second-order valence-corrected chi connectivity index (χ2v) is 7.97. The minimum absolute atomic E-state index is 0.182. The topological polar surface area (TPSA) is 73.8 Å². The molecule has 2 aromatic rings. The van der Waals surface area contributed by atoms with E-state index in [1.807, 2.05) is 30.3 Å². The molecular weight excluding hydrogens is 324 g/mol. The predicted octanol–water partition coefficient (Wildman–Crippen LogP) is 3.16. The van der Waals surface area contributed by atoms with E-state index in [2.05, 4.69) is 15.5 Å². The summed E-state index contributed by atoms with van der Waals surface area (Å²) in [5, 5.41) is 22.9. The van der Waals surface area contributed by atoms with Crippen molar-refractivity contribution in [1.29, 1.82) is 0 Å². The Morgan fingerprint density at radius 1 is 1.00 bits per heavy atom. The number of benzene rings is 1. The molecule has 2 fully saturated rings. The molecule has 26 heavy (non-hydrogen) atoms. The minimum Gasteiger partial charge on any atom is -0.377 e. The third kappa shape index (κ3) is 3.55. The Bertz CT molecular complexity index is 689. The van der Waals surface area contributed by atoms with Crippen LogP contribution in [0.1, 0.15) is 62.2 Å². The number of H-pyrrole nitrogens is 1. The molecule has 1 atom stereocenters. The van der Waals surface area contributed by atoms with Gasteiger partial charge in [0.15, 0.2) is 11.4 Å². The van der Waals surface area contributed by atoms with Gasteiger partial charge in [-0.2, -0.15) is 5.10 Å². The quantitative estimate of drug-likeness (QED) is 0.771. The van der Waals surface area contributed by atoms with Crippen LogP contribution < -0.4 is 5.32 Å². The second-order valence-electron chi connectivity index (χ2n) is 7.97. The van der Waals surface area contributed by atoms with E-state index in [1.54, 1.807) is 0 Å². The highest BCUT2D eigenvalue weighted by Crippen LogP contribution is 2.42. The smallest absolute Gasteiger partial charge is 0.187 e. The number of nitrogens with one attached hydrogen (secondary N) is 2. The van der Waals surface area contributed by atoms with Gasteiger partial charge < -0.3 is 10.4 Å². The van der Waals surface area contributed by atoms with E-state index in [0.717, 1.165) is 43.7 Å². The lowest BCUT2D eigenvalue weighted by atomic mass is 9.73. The van der Waals surface area contributed by atoms with Gasteiger partial charge in [-0.25, -0.2) is 4.98 Å². The lowest BCUT2D eigenvalue weighted by molar-refractivity contribution is -0.00820. The first-order valence-electron chi connectivity index (χ1n) is 10.2. The first kappa shape index (κ1) is 17.7. The first-order chi connectivity index (χ1) is 12.8. The van der Waals surface area contributed by atoms with Crippen LogP contribution >= 0.6 is 0 Å². The van der Waals surface area contributed by atoms with Crippen LogP contribution in [-0.4, -0.2) is 33.4 Å². The summed E-state index contributed by atoms with van der Waals surface area (Å²) in [6.45, 7) is 2.17. The van der Waals surface area contributed by atoms with Crippen molar-refractivity contribution < 1.29 is 5.11 Å². The summed E-state index contributed by atoms with van der Waals surface area (Å²) in [4.78, 5) is 4.79. The van der Waals surface area contributed by atoms with Crippen molar-refractivity contribution in [1.82, 2.24) is 20.5 Å². The van der Waals surface area contributed by atoms with E-state index >= 15 is 0 Å². The van der Waals surface area contributed by atoms with Crippen LogP contribution in [0.15, 0.2) is 30.3 Å². The van der Waals surface area contributed by atoms with Crippen LogP contribution in [-0.2, 0) is 12.0 Å². The van der Waals surface area contributed by atoms with E-state index < -0.39 is 5.60 Å². The first-order valence-corrected chi connectivity index (χ1v) is 10.2. The maximum absolute atomic E-state index is 11.8. The highest BCUT2D eigenvalue weighted by atomic mass is 16.3. The average molecular weight is 354 g/mol. The Balaban J connectivity index is 1.61. The Hall–Kier alpha value is -1.72.